The maximum atomic E-state index is 10.3. The van der Waals surface area contributed by atoms with E-state index in [0.717, 1.165) is 0 Å². The first-order valence-electron chi connectivity index (χ1n) is 3.44. The van der Waals surface area contributed by atoms with E-state index >= 15 is 0 Å². The van der Waals surface area contributed by atoms with Crippen molar-refractivity contribution in [3.8, 4) is 0 Å². The molecule has 0 saturated heterocycles. The first-order chi connectivity index (χ1) is 5.39. The monoisotopic (exact) mass is 172 g/mol. The minimum absolute atomic E-state index is 0.131. The Morgan fingerprint density at radius 2 is 2.33 bits per heavy atom. The molecule has 68 valence electrons. The van der Waals surface area contributed by atoms with E-state index in [1.165, 1.54) is 0 Å². The van der Waals surface area contributed by atoms with Crippen LogP contribution in [0.4, 0.5) is 0 Å². The van der Waals surface area contributed by atoms with Crippen LogP contribution in [0.1, 0.15) is 20.3 Å². The van der Waals surface area contributed by atoms with Crippen LogP contribution >= 0.6 is 0 Å². The molecule has 1 atom stereocenters. The summed E-state index contributed by atoms with van der Waals surface area (Å²) in [6, 6.07) is -0.981. The number of carboxylic acid groups (broad SMARTS) is 1. The lowest BCUT2D eigenvalue weighted by molar-refractivity contribution is -0.139. The summed E-state index contributed by atoms with van der Waals surface area (Å²) in [5.41, 5.74) is 12.6. The summed E-state index contributed by atoms with van der Waals surface area (Å²) in [7, 11) is 0. The molecule has 0 radical (unpaired) electrons. The molecule has 0 fully saturated rings. The van der Waals surface area contributed by atoms with Gasteiger partial charge in [-0.2, -0.15) is 0 Å². The van der Waals surface area contributed by atoms with Crippen molar-refractivity contribution < 1.29 is 9.90 Å². The van der Waals surface area contributed by atoms with E-state index in [4.69, 9.17) is 16.4 Å². The molecule has 0 aromatic rings. The molecule has 0 saturated carbocycles. The highest BCUT2D eigenvalue weighted by molar-refractivity contribution is 5.73. The van der Waals surface area contributed by atoms with E-state index in [1.807, 2.05) is 0 Å². The lowest BCUT2D eigenvalue weighted by Gasteiger charge is -2.19. The molecule has 0 spiro atoms. The first kappa shape index (κ1) is 10.7. The van der Waals surface area contributed by atoms with E-state index in [2.05, 4.69) is 10.0 Å². The highest BCUT2D eigenvalue weighted by Crippen LogP contribution is 2.15. The molecular weight excluding hydrogens is 160 g/mol. The van der Waals surface area contributed by atoms with Crippen LogP contribution in [0.5, 0.6) is 0 Å². The molecule has 0 aliphatic heterocycles. The van der Waals surface area contributed by atoms with Crippen LogP contribution in [0, 0.1) is 0 Å². The zero-order valence-electron chi connectivity index (χ0n) is 7.06. The number of hydrogen-bond acceptors (Lipinski definition) is 3. The Hall–Kier alpha value is -1.26. The average molecular weight is 172 g/mol. The summed E-state index contributed by atoms with van der Waals surface area (Å²) in [4.78, 5) is 12.9. The normalized spacial score (nSPS) is 13.2. The minimum Gasteiger partial charge on any atom is -0.480 e. The van der Waals surface area contributed by atoms with Crippen LogP contribution in [-0.2, 0) is 4.79 Å². The zero-order chi connectivity index (χ0) is 9.78. The van der Waals surface area contributed by atoms with Crippen molar-refractivity contribution in [1.29, 1.82) is 0 Å². The molecule has 3 N–H and O–H groups in total. The molecule has 0 heterocycles. The van der Waals surface area contributed by atoms with E-state index in [1.54, 1.807) is 13.8 Å². The second kappa shape index (κ2) is 3.94. The van der Waals surface area contributed by atoms with Crippen LogP contribution < -0.4 is 5.73 Å². The van der Waals surface area contributed by atoms with Crippen molar-refractivity contribution in [2.24, 2.45) is 10.8 Å². The van der Waals surface area contributed by atoms with Gasteiger partial charge in [0, 0.05) is 10.5 Å². The molecule has 6 nitrogen and oxygen atoms in total. The van der Waals surface area contributed by atoms with Crippen molar-refractivity contribution in [2.45, 2.75) is 31.8 Å². The fourth-order valence-electron chi connectivity index (χ4n) is 0.787. The van der Waals surface area contributed by atoms with Crippen LogP contribution in [-0.4, -0.2) is 22.7 Å². The van der Waals surface area contributed by atoms with Crippen molar-refractivity contribution in [3.05, 3.63) is 10.4 Å². The van der Waals surface area contributed by atoms with Gasteiger partial charge in [0.05, 0.1) is 0 Å². The van der Waals surface area contributed by atoms with E-state index in [9.17, 15) is 4.79 Å². The van der Waals surface area contributed by atoms with Crippen molar-refractivity contribution >= 4 is 5.97 Å². The maximum Gasteiger partial charge on any atom is 0.320 e. The quantitative estimate of drug-likeness (QED) is 0.372. The molecule has 0 amide bonds. The lowest BCUT2D eigenvalue weighted by atomic mass is 9.97. The van der Waals surface area contributed by atoms with Gasteiger partial charge in [-0.15, -0.1) is 0 Å². The molecular formula is C6H12N4O2. The van der Waals surface area contributed by atoms with Crippen LogP contribution in [0.2, 0.25) is 0 Å². The fourth-order valence-corrected chi connectivity index (χ4v) is 0.787. The topological polar surface area (TPSA) is 112 Å². The molecule has 12 heavy (non-hydrogen) atoms. The van der Waals surface area contributed by atoms with Gasteiger partial charge in [0.15, 0.2) is 0 Å². The number of carboxylic acids is 1. The van der Waals surface area contributed by atoms with Crippen LogP contribution in [0.15, 0.2) is 5.11 Å². The Labute approximate surface area is 70.0 Å². The molecule has 0 bridgehead atoms. The SMILES string of the molecule is CC(C)(C[C@H](N)C(=O)O)N=[N+]=[N-]. The third-order valence-electron chi connectivity index (χ3n) is 1.35. The van der Waals surface area contributed by atoms with Gasteiger partial charge in [-0.3, -0.25) is 4.79 Å². The van der Waals surface area contributed by atoms with E-state index < -0.39 is 17.6 Å². The number of azide groups is 1. The Kier molecular flexibility index (Phi) is 3.53. The van der Waals surface area contributed by atoms with Crippen molar-refractivity contribution in [1.82, 2.24) is 0 Å². The second-order valence-electron chi connectivity index (χ2n) is 3.15. The van der Waals surface area contributed by atoms with Gasteiger partial charge in [-0.1, -0.05) is 19.0 Å². The highest BCUT2D eigenvalue weighted by atomic mass is 16.4. The molecule has 0 aliphatic rings. The van der Waals surface area contributed by atoms with Gasteiger partial charge in [0.2, 0.25) is 0 Å². The van der Waals surface area contributed by atoms with E-state index in [-0.39, 0.29) is 6.42 Å². The standard InChI is InChI=1S/C6H12N4O2/c1-6(2,9-10-8)3-4(7)5(11)12/h4H,3,7H2,1-2H3,(H,11,12)/t4-/m0/s1. The maximum absolute atomic E-state index is 10.3. The van der Waals surface area contributed by atoms with E-state index in [0.29, 0.717) is 0 Å². The number of carbonyl (C=O) groups is 1. The number of nitrogens with zero attached hydrogens (tertiary/aromatic N) is 3. The van der Waals surface area contributed by atoms with Gasteiger partial charge in [0.25, 0.3) is 0 Å². The third kappa shape index (κ3) is 3.80. The average Bonchev–Trinajstić information content (AvgIpc) is 1.85. The van der Waals surface area contributed by atoms with Crippen molar-refractivity contribution in [3.63, 3.8) is 0 Å². The predicted octanol–water partition coefficient (Wildman–Crippen LogP) is 0.877. The summed E-state index contributed by atoms with van der Waals surface area (Å²) in [5.74, 6) is -1.09. The molecule has 0 rings (SSSR count). The van der Waals surface area contributed by atoms with Crippen molar-refractivity contribution in [2.75, 3.05) is 0 Å². The largest absolute Gasteiger partial charge is 0.480 e. The summed E-state index contributed by atoms with van der Waals surface area (Å²) in [5, 5.41) is 11.9. The van der Waals surface area contributed by atoms with Crippen LogP contribution in [0.25, 0.3) is 10.4 Å². The summed E-state index contributed by atoms with van der Waals surface area (Å²) in [6.07, 6.45) is 0.131. The zero-order valence-corrected chi connectivity index (χ0v) is 7.06. The Morgan fingerprint density at radius 3 is 2.67 bits per heavy atom. The second-order valence-corrected chi connectivity index (χ2v) is 3.15. The number of hydrogen-bond donors (Lipinski definition) is 2. The Bertz CT molecular complexity index is 220. The van der Waals surface area contributed by atoms with Gasteiger partial charge in [-0.05, 0) is 12.0 Å². The number of nitrogens with two attached hydrogens (primary N) is 1. The third-order valence-corrected chi connectivity index (χ3v) is 1.35. The van der Waals surface area contributed by atoms with Gasteiger partial charge < -0.3 is 10.8 Å². The Morgan fingerprint density at radius 1 is 1.83 bits per heavy atom. The number of rotatable bonds is 4. The summed E-state index contributed by atoms with van der Waals surface area (Å²) >= 11 is 0. The van der Waals surface area contributed by atoms with Crippen LogP contribution in [0.3, 0.4) is 0 Å². The van der Waals surface area contributed by atoms with Gasteiger partial charge in [-0.25, -0.2) is 0 Å². The fraction of sp³-hybridized carbons (Fsp3) is 0.833. The molecule has 0 unspecified atom stereocenters. The summed E-state index contributed by atoms with van der Waals surface area (Å²) < 4.78 is 0. The summed E-state index contributed by atoms with van der Waals surface area (Å²) in [6.45, 7) is 3.27. The molecule has 0 aromatic heterocycles. The smallest absolute Gasteiger partial charge is 0.320 e. The van der Waals surface area contributed by atoms with Gasteiger partial charge in [0.1, 0.15) is 6.04 Å². The lowest BCUT2D eigenvalue weighted by Crippen LogP contribution is -2.36. The molecule has 0 aromatic carbocycles. The highest BCUT2D eigenvalue weighted by Gasteiger charge is 2.23. The first-order valence-corrected chi connectivity index (χ1v) is 3.44. The number of aliphatic carboxylic acids is 1. The minimum atomic E-state index is -1.09. The molecule has 6 heteroatoms. The van der Waals surface area contributed by atoms with Gasteiger partial charge >= 0.3 is 5.97 Å². The Balaban J connectivity index is 4.23. The molecule has 0 aliphatic carbocycles. The predicted molar refractivity (Wildman–Crippen MR) is 43.5 cm³/mol.